The van der Waals surface area contributed by atoms with Gasteiger partial charge in [-0.3, -0.25) is 0 Å². The Hall–Kier alpha value is -2.04. The third-order valence-corrected chi connectivity index (χ3v) is 3.11. The van der Waals surface area contributed by atoms with Crippen molar-refractivity contribution in [2.75, 3.05) is 0 Å². The Balaban J connectivity index is 1.97. The minimum absolute atomic E-state index is 0.132. The van der Waals surface area contributed by atoms with Crippen LogP contribution in [0.3, 0.4) is 0 Å². The summed E-state index contributed by atoms with van der Waals surface area (Å²) in [6.07, 6.45) is 4.55. The zero-order valence-corrected chi connectivity index (χ0v) is 9.19. The second-order valence-electron chi connectivity index (χ2n) is 4.28. The maximum absolute atomic E-state index is 10.7. The Morgan fingerprint density at radius 3 is 2.88 bits per heavy atom. The molecule has 2 aromatic heterocycles. The van der Waals surface area contributed by atoms with Gasteiger partial charge in [-0.25, -0.2) is 4.79 Å². The van der Waals surface area contributed by atoms with Crippen LogP contribution in [0.5, 0.6) is 0 Å². The lowest BCUT2D eigenvalue weighted by Crippen LogP contribution is -1.99. The summed E-state index contributed by atoms with van der Waals surface area (Å²) in [5.74, 6) is -1.23. The van der Waals surface area contributed by atoms with Gasteiger partial charge >= 0.3 is 5.97 Å². The maximum Gasteiger partial charge on any atom is 0.374 e. The smallest absolute Gasteiger partial charge is 0.374 e. The number of carboxylic acid groups (broad SMARTS) is 1. The summed E-state index contributed by atoms with van der Waals surface area (Å²) < 4.78 is 4.74. The van der Waals surface area contributed by atoms with E-state index in [0.29, 0.717) is 5.69 Å². The molecule has 0 saturated heterocycles. The van der Waals surface area contributed by atoms with Gasteiger partial charge < -0.3 is 14.6 Å². The number of aromatic carboxylic acids is 1. The Kier molecular flexibility index (Phi) is 2.24. The summed E-state index contributed by atoms with van der Waals surface area (Å²) in [6, 6.07) is 3.48. The zero-order valence-electron chi connectivity index (χ0n) is 9.19. The van der Waals surface area contributed by atoms with Crippen molar-refractivity contribution >= 4 is 5.97 Å². The van der Waals surface area contributed by atoms with Gasteiger partial charge in [-0.05, 0) is 37.3 Å². The van der Waals surface area contributed by atoms with Gasteiger partial charge in [0.05, 0.1) is 5.69 Å². The molecule has 3 rings (SSSR count). The molecule has 0 bridgehead atoms. The molecule has 0 saturated carbocycles. The van der Waals surface area contributed by atoms with Gasteiger partial charge in [-0.1, -0.05) is 5.16 Å². The number of H-pyrrole nitrogens is 1. The molecular weight excluding hydrogens is 220 g/mol. The van der Waals surface area contributed by atoms with E-state index in [-0.39, 0.29) is 5.76 Å². The average Bonchev–Trinajstić information content (AvgIpc) is 2.95. The monoisotopic (exact) mass is 232 g/mol. The number of carboxylic acids is 1. The van der Waals surface area contributed by atoms with E-state index < -0.39 is 5.97 Å². The first kappa shape index (κ1) is 10.1. The Labute approximate surface area is 97.4 Å². The van der Waals surface area contributed by atoms with Gasteiger partial charge in [-0.15, -0.1) is 0 Å². The molecule has 1 aliphatic rings. The van der Waals surface area contributed by atoms with Crippen LogP contribution in [0, 0.1) is 0 Å². The molecule has 0 spiro atoms. The number of aromatic nitrogens is 2. The van der Waals surface area contributed by atoms with Crippen LogP contribution in [-0.2, 0) is 12.8 Å². The third kappa shape index (κ3) is 1.73. The number of nitrogens with zero attached hydrogens (tertiary/aromatic N) is 1. The van der Waals surface area contributed by atoms with Crippen LogP contribution < -0.4 is 0 Å². The van der Waals surface area contributed by atoms with Crippen LogP contribution >= 0.6 is 0 Å². The molecular formula is C12H12N2O3. The molecule has 0 aromatic carbocycles. The lowest BCUT2D eigenvalue weighted by atomic mass is 9.98. The summed E-state index contributed by atoms with van der Waals surface area (Å²) >= 11 is 0. The fourth-order valence-corrected chi connectivity index (χ4v) is 2.24. The van der Waals surface area contributed by atoms with E-state index in [1.165, 1.54) is 30.2 Å². The van der Waals surface area contributed by atoms with E-state index in [2.05, 4.69) is 10.1 Å². The number of hydrogen-bond donors (Lipinski definition) is 2. The molecule has 2 heterocycles. The van der Waals surface area contributed by atoms with Crippen molar-refractivity contribution < 1.29 is 14.4 Å². The molecule has 5 heteroatoms. The quantitative estimate of drug-likeness (QED) is 0.832. The first-order valence-corrected chi connectivity index (χ1v) is 5.65. The van der Waals surface area contributed by atoms with Crippen molar-refractivity contribution in [3.05, 3.63) is 29.2 Å². The van der Waals surface area contributed by atoms with Gasteiger partial charge in [0, 0.05) is 11.8 Å². The zero-order chi connectivity index (χ0) is 11.8. The normalized spacial score (nSPS) is 14.6. The Morgan fingerprint density at radius 1 is 1.35 bits per heavy atom. The van der Waals surface area contributed by atoms with Gasteiger partial charge in [0.15, 0.2) is 0 Å². The summed E-state index contributed by atoms with van der Waals surface area (Å²) in [7, 11) is 0. The van der Waals surface area contributed by atoms with Crippen LogP contribution in [-0.4, -0.2) is 21.2 Å². The van der Waals surface area contributed by atoms with Gasteiger partial charge in [0.25, 0.3) is 0 Å². The van der Waals surface area contributed by atoms with Crippen molar-refractivity contribution in [2.45, 2.75) is 25.7 Å². The molecule has 0 fully saturated rings. The largest absolute Gasteiger partial charge is 0.475 e. The molecule has 0 amide bonds. The second kappa shape index (κ2) is 3.76. The fraction of sp³-hybridized carbons (Fsp3) is 0.333. The number of aryl methyl sites for hydroxylation is 2. The van der Waals surface area contributed by atoms with Crippen LogP contribution in [0.4, 0.5) is 0 Å². The highest BCUT2D eigenvalue weighted by Gasteiger charge is 2.17. The van der Waals surface area contributed by atoms with E-state index in [9.17, 15) is 4.79 Å². The molecule has 1 aliphatic carbocycles. The van der Waals surface area contributed by atoms with Crippen molar-refractivity contribution in [2.24, 2.45) is 0 Å². The summed E-state index contributed by atoms with van der Waals surface area (Å²) in [5, 5.41) is 12.5. The lowest BCUT2D eigenvalue weighted by molar-refractivity contribution is 0.0652. The number of rotatable bonds is 2. The standard InChI is InChI=1S/C12H12N2O3/c15-12(16)11-6-10(14-17-11)9-5-7-3-1-2-4-8(7)13-9/h5-6,13H,1-4H2,(H,15,16). The Bertz CT molecular complexity index is 545. The molecule has 2 aromatic rings. The van der Waals surface area contributed by atoms with Crippen LogP contribution in [0.2, 0.25) is 0 Å². The lowest BCUT2D eigenvalue weighted by Gasteiger charge is -2.08. The molecule has 5 nitrogen and oxygen atoms in total. The van der Waals surface area contributed by atoms with E-state index in [1.54, 1.807) is 0 Å². The molecule has 2 N–H and O–H groups in total. The third-order valence-electron chi connectivity index (χ3n) is 3.11. The van der Waals surface area contributed by atoms with Gasteiger partial charge in [-0.2, -0.15) is 0 Å². The molecule has 17 heavy (non-hydrogen) atoms. The molecule has 0 radical (unpaired) electrons. The highest BCUT2D eigenvalue weighted by Crippen LogP contribution is 2.27. The highest BCUT2D eigenvalue weighted by atomic mass is 16.5. The fourth-order valence-electron chi connectivity index (χ4n) is 2.24. The first-order valence-electron chi connectivity index (χ1n) is 5.65. The predicted molar refractivity (Wildman–Crippen MR) is 59.9 cm³/mol. The van der Waals surface area contributed by atoms with Gasteiger partial charge in [0.1, 0.15) is 5.69 Å². The molecule has 0 unspecified atom stereocenters. The maximum atomic E-state index is 10.7. The first-order chi connectivity index (χ1) is 8.24. The summed E-state index contributed by atoms with van der Waals surface area (Å²) in [5.41, 5.74) is 3.95. The highest BCUT2D eigenvalue weighted by molar-refractivity contribution is 5.85. The summed E-state index contributed by atoms with van der Waals surface area (Å²) in [4.78, 5) is 14.0. The second-order valence-corrected chi connectivity index (χ2v) is 4.28. The number of hydrogen-bond acceptors (Lipinski definition) is 3. The molecule has 88 valence electrons. The SMILES string of the molecule is O=C(O)c1cc(-c2cc3c([nH]2)CCCC3)no1. The van der Waals surface area contributed by atoms with Crippen LogP contribution in [0.1, 0.15) is 34.7 Å². The molecule has 0 atom stereocenters. The minimum Gasteiger partial charge on any atom is -0.475 e. The number of nitrogens with one attached hydrogen (secondary N) is 1. The van der Waals surface area contributed by atoms with Crippen molar-refractivity contribution in [3.8, 4) is 11.4 Å². The minimum atomic E-state index is -1.10. The van der Waals surface area contributed by atoms with E-state index in [4.69, 9.17) is 9.63 Å². The van der Waals surface area contributed by atoms with E-state index in [0.717, 1.165) is 18.5 Å². The van der Waals surface area contributed by atoms with E-state index in [1.807, 2.05) is 6.07 Å². The van der Waals surface area contributed by atoms with Gasteiger partial charge in [0.2, 0.25) is 5.76 Å². The average molecular weight is 232 g/mol. The van der Waals surface area contributed by atoms with Crippen molar-refractivity contribution in [1.29, 1.82) is 0 Å². The van der Waals surface area contributed by atoms with Crippen LogP contribution in [0.25, 0.3) is 11.4 Å². The van der Waals surface area contributed by atoms with Crippen molar-refractivity contribution in [1.82, 2.24) is 10.1 Å². The number of carbonyl (C=O) groups is 1. The predicted octanol–water partition coefficient (Wildman–Crippen LogP) is 2.25. The van der Waals surface area contributed by atoms with E-state index >= 15 is 0 Å². The van der Waals surface area contributed by atoms with Crippen molar-refractivity contribution in [3.63, 3.8) is 0 Å². The number of aromatic amines is 1. The molecule has 0 aliphatic heterocycles. The van der Waals surface area contributed by atoms with Crippen LogP contribution in [0.15, 0.2) is 16.7 Å². The number of fused-ring (bicyclic) bond motifs is 1. The topological polar surface area (TPSA) is 79.1 Å². The summed E-state index contributed by atoms with van der Waals surface area (Å²) in [6.45, 7) is 0. The Morgan fingerprint density at radius 2 is 2.18 bits per heavy atom.